The highest BCUT2D eigenvalue weighted by Gasteiger charge is 2.50. The molecular weight excluding hydrogens is 302 g/mol. The second-order valence-electron chi connectivity index (χ2n) is 5.09. The summed E-state index contributed by atoms with van der Waals surface area (Å²) in [5.74, 6) is -2.54. The summed E-state index contributed by atoms with van der Waals surface area (Å²) in [7, 11) is 0. The molecular formula is C12H12F6N2O. The van der Waals surface area contributed by atoms with E-state index in [2.05, 4.69) is 4.99 Å². The lowest BCUT2D eigenvalue weighted by molar-refractivity contribution is -0.166. The average Bonchev–Trinajstić information content (AvgIpc) is 2.37. The smallest absolute Gasteiger partial charge is 0.357 e. The molecule has 1 fully saturated rings. The molecule has 0 amide bonds. The predicted molar refractivity (Wildman–Crippen MR) is 61.6 cm³/mol. The summed E-state index contributed by atoms with van der Waals surface area (Å²) in [5, 5.41) is 2.05. The van der Waals surface area contributed by atoms with E-state index < -0.39 is 35.1 Å². The second kappa shape index (κ2) is 5.03. The van der Waals surface area contributed by atoms with E-state index in [0.29, 0.717) is 19.1 Å². The van der Waals surface area contributed by atoms with Gasteiger partial charge in [-0.25, -0.2) is 0 Å². The standard InChI is InChI=1S/C12H12F6N2O/c13-11(14,15)8-7(9(21)12(16,17)18)6-19-10(20-8)4-2-1-3-5-10/h6,20H,1-5H2. The first-order valence-electron chi connectivity index (χ1n) is 6.32. The Morgan fingerprint density at radius 1 is 1.10 bits per heavy atom. The summed E-state index contributed by atoms with van der Waals surface area (Å²) in [6, 6.07) is 0. The first-order chi connectivity index (χ1) is 9.55. The summed E-state index contributed by atoms with van der Waals surface area (Å²) < 4.78 is 76.1. The molecule has 0 aromatic rings. The van der Waals surface area contributed by atoms with Crippen molar-refractivity contribution in [2.24, 2.45) is 4.99 Å². The lowest BCUT2D eigenvalue weighted by Crippen LogP contribution is -2.51. The van der Waals surface area contributed by atoms with Gasteiger partial charge in [0.25, 0.3) is 5.78 Å². The fraction of sp³-hybridized carbons (Fsp3) is 0.667. The number of halogens is 6. The van der Waals surface area contributed by atoms with Gasteiger partial charge in [0.15, 0.2) is 0 Å². The summed E-state index contributed by atoms with van der Waals surface area (Å²) in [5.41, 5.74) is -4.38. The van der Waals surface area contributed by atoms with Crippen LogP contribution < -0.4 is 5.32 Å². The lowest BCUT2D eigenvalue weighted by Gasteiger charge is -2.39. The molecule has 0 saturated heterocycles. The molecule has 118 valence electrons. The van der Waals surface area contributed by atoms with E-state index >= 15 is 0 Å². The molecule has 21 heavy (non-hydrogen) atoms. The first-order valence-corrected chi connectivity index (χ1v) is 6.32. The van der Waals surface area contributed by atoms with Crippen LogP contribution in [0.3, 0.4) is 0 Å². The molecule has 9 heteroatoms. The number of nitrogens with one attached hydrogen (secondary N) is 1. The summed E-state index contributed by atoms with van der Waals surface area (Å²) >= 11 is 0. The fourth-order valence-electron chi connectivity index (χ4n) is 2.52. The number of alkyl halides is 6. The van der Waals surface area contributed by atoms with Crippen LogP contribution in [0.2, 0.25) is 0 Å². The molecule has 0 unspecified atom stereocenters. The molecule has 1 heterocycles. The third kappa shape index (κ3) is 3.21. The number of allylic oxidation sites excluding steroid dienone is 2. The Morgan fingerprint density at radius 3 is 2.14 bits per heavy atom. The Labute approximate surface area is 116 Å². The minimum absolute atomic E-state index is 0.288. The second-order valence-corrected chi connectivity index (χ2v) is 5.09. The number of ketones is 1. The third-order valence-electron chi connectivity index (χ3n) is 3.53. The van der Waals surface area contributed by atoms with E-state index in [0.717, 1.165) is 6.42 Å². The number of carbonyl (C=O) groups is 1. The van der Waals surface area contributed by atoms with E-state index in [1.54, 1.807) is 0 Å². The maximum absolute atomic E-state index is 13.0. The first kappa shape index (κ1) is 15.8. The van der Waals surface area contributed by atoms with Crippen molar-refractivity contribution in [3.05, 3.63) is 11.3 Å². The summed E-state index contributed by atoms with van der Waals surface area (Å²) in [6.45, 7) is 0. The van der Waals surface area contributed by atoms with Gasteiger partial charge in [-0.3, -0.25) is 9.79 Å². The lowest BCUT2D eigenvalue weighted by atomic mass is 9.87. The maximum Gasteiger partial charge on any atom is 0.455 e. The zero-order valence-electron chi connectivity index (χ0n) is 10.7. The van der Waals surface area contributed by atoms with Crippen molar-refractivity contribution in [1.29, 1.82) is 0 Å². The van der Waals surface area contributed by atoms with Crippen LogP contribution in [0.25, 0.3) is 0 Å². The quantitative estimate of drug-likeness (QED) is 0.755. The van der Waals surface area contributed by atoms with Crippen LogP contribution in [-0.4, -0.2) is 30.0 Å². The fourth-order valence-corrected chi connectivity index (χ4v) is 2.52. The number of carbonyl (C=O) groups excluding carboxylic acids is 1. The van der Waals surface area contributed by atoms with Crippen molar-refractivity contribution in [1.82, 2.24) is 5.32 Å². The minimum Gasteiger partial charge on any atom is -0.357 e. The van der Waals surface area contributed by atoms with Crippen molar-refractivity contribution in [2.45, 2.75) is 50.1 Å². The Balaban J connectivity index is 2.41. The normalized spacial score (nSPS) is 22.4. The number of hydrogen-bond donors (Lipinski definition) is 1. The van der Waals surface area contributed by atoms with Crippen molar-refractivity contribution >= 4 is 12.0 Å². The topological polar surface area (TPSA) is 41.5 Å². The van der Waals surface area contributed by atoms with Gasteiger partial charge in [0.2, 0.25) is 0 Å². The van der Waals surface area contributed by atoms with Crippen LogP contribution in [0.1, 0.15) is 32.1 Å². The van der Waals surface area contributed by atoms with Crippen molar-refractivity contribution in [3.63, 3.8) is 0 Å². The number of nitrogens with zero attached hydrogens (tertiary/aromatic N) is 1. The van der Waals surface area contributed by atoms with E-state index in [1.165, 1.54) is 0 Å². The number of rotatable bonds is 1. The molecule has 1 aliphatic heterocycles. The Morgan fingerprint density at radius 2 is 1.67 bits per heavy atom. The van der Waals surface area contributed by atoms with Gasteiger partial charge in [0.05, 0.1) is 5.57 Å². The molecule has 0 radical (unpaired) electrons. The highest BCUT2D eigenvalue weighted by Crippen LogP contribution is 2.38. The molecule has 0 bridgehead atoms. The van der Waals surface area contributed by atoms with Crippen LogP contribution in [0.4, 0.5) is 26.3 Å². The maximum atomic E-state index is 13.0. The number of aliphatic imine (C=N–C) groups is 1. The Kier molecular flexibility index (Phi) is 3.79. The molecule has 0 aromatic heterocycles. The summed E-state index contributed by atoms with van der Waals surface area (Å²) in [4.78, 5) is 14.9. The average molecular weight is 314 g/mol. The van der Waals surface area contributed by atoms with Gasteiger partial charge < -0.3 is 5.32 Å². The summed E-state index contributed by atoms with van der Waals surface area (Å²) in [6.07, 6.45) is -7.38. The van der Waals surface area contributed by atoms with Crippen LogP contribution in [0, 0.1) is 0 Å². The van der Waals surface area contributed by atoms with E-state index in [9.17, 15) is 31.1 Å². The predicted octanol–water partition coefficient (Wildman–Crippen LogP) is 3.27. The number of Topliss-reactive ketones (excluding diaryl/α,β-unsaturated/α-hetero) is 1. The molecule has 0 atom stereocenters. The zero-order chi connectivity index (χ0) is 15.9. The molecule has 1 spiro atoms. The molecule has 1 N–H and O–H groups in total. The molecule has 3 nitrogen and oxygen atoms in total. The van der Waals surface area contributed by atoms with Gasteiger partial charge in [-0.05, 0) is 25.7 Å². The van der Waals surface area contributed by atoms with Crippen molar-refractivity contribution in [3.8, 4) is 0 Å². The van der Waals surface area contributed by atoms with Crippen LogP contribution in [0.15, 0.2) is 16.3 Å². The van der Waals surface area contributed by atoms with E-state index in [4.69, 9.17) is 0 Å². The van der Waals surface area contributed by atoms with Crippen LogP contribution >= 0.6 is 0 Å². The van der Waals surface area contributed by atoms with Crippen LogP contribution in [0.5, 0.6) is 0 Å². The van der Waals surface area contributed by atoms with Crippen molar-refractivity contribution in [2.75, 3.05) is 0 Å². The third-order valence-corrected chi connectivity index (χ3v) is 3.53. The molecule has 2 rings (SSSR count). The van der Waals surface area contributed by atoms with Gasteiger partial charge >= 0.3 is 12.4 Å². The minimum atomic E-state index is -5.38. The Bertz CT molecular complexity index is 497. The highest BCUT2D eigenvalue weighted by atomic mass is 19.4. The zero-order valence-corrected chi connectivity index (χ0v) is 10.7. The monoisotopic (exact) mass is 314 g/mol. The number of hydrogen-bond acceptors (Lipinski definition) is 3. The van der Waals surface area contributed by atoms with Crippen molar-refractivity contribution < 1.29 is 31.1 Å². The SMILES string of the molecule is O=C(C1=C(C(F)(F)F)NC2(CCCCC2)N=C1)C(F)(F)F. The molecule has 1 saturated carbocycles. The molecule has 0 aromatic carbocycles. The van der Waals surface area contributed by atoms with Gasteiger partial charge in [0.1, 0.15) is 11.4 Å². The van der Waals surface area contributed by atoms with Gasteiger partial charge in [0, 0.05) is 6.21 Å². The van der Waals surface area contributed by atoms with Gasteiger partial charge in [-0.15, -0.1) is 0 Å². The van der Waals surface area contributed by atoms with Gasteiger partial charge in [-0.2, -0.15) is 26.3 Å². The van der Waals surface area contributed by atoms with Gasteiger partial charge in [-0.1, -0.05) is 6.42 Å². The molecule has 2 aliphatic rings. The van der Waals surface area contributed by atoms with E-state index in [1.807, 2.05) is 5.32 Å². The largest absolute Gasteiger partial charge is 0.455 e. The Hall–Kier alpha value is -1.54. The van der Waals surface area contributed by atoms with Crippen LogP contribution in [-0.2, 0) is 4.79 Å². The van der Waals surface area contributed by atoms with E-state index in [-0.39, 0.29) is 12.8 Å². The molecule has 1 aliphatic carbocycles. The highest BCUT2D eigenvalue weighted by molar-refractivity contribution is 6.16.